The number of carboxylic acids is 1. The highest BCUT2D eigenvalue weighted by atomic mass is 16.4. The fourth-order valence-corrected chi connectivity index (χ4v) is 1.14. The minimum Gasteiger partial charge on any atom is -0.481 e. The van der Waals surface area contributed by atoms with Gasteiger partial charge in [-0.3, -0.25) is 4.79 Å². The van der Waals surface area contributed by atoms with Crippen molar-refractivity contribution in [3.05, 3.63) is 29.8 Å². The van der Waals surface area contributed by atoms with Crippen LogP contribution in [0.2, 0.25) is 0 Å². The molecule has 0 aromatic heterocycles. The number of carbonyl (C=O) groups excluding carboxylic acids is 1. The van der Waals surface area contributed by atoms with Crippen molar-refractivity contribution in [2.45, 2.75) is 6.42 Å². The van der Waals surface area contributed by atoms with Crippen molar-refractivity contribution in [3.63, 3.8) is 0 Å². The van der Waals surface area contributed by atoms with Gasteiger partial charge in [-0.25, -0.2) is 4.79 Å². The van der Waals surface area contributed by atoms with Gasteiger partial charge in [0.1, 0.15) is 0 Å². The lowest BCUT2D eigenvalue weighted by molar-refractivity contribution is -0.136. The van der Waals surface area contributed by atoms with E-state index in [9.17, 15) is 9.59 Å². The van der Waals surface area contributed by atoms with Gasteiger partial charge in [-0.2, -0.15) is 0 Å². The van der Waals surface area contributed by atoms with Crippen LogP contribution in [0.5, 0.6) is 0 Å². The van der Waals surface area contributed by atoms with Gasteiger partial charge in [-0.05, 0) is 11.6 Å². The van der Waals surface area contributed by atoms with Gasteiger partial charge < -0.3 is 15.7 Å². The second-order valence-electron chi connectivity index (χ2n) is 2.93. The summed E-state index contributed by atoms with van der Waals surface area (Å²) >= 11 is 0. The summed E-state index contributed by atoms with van der Waals surface area (Å²) in [5.41, 5.74) is 1.09. The second-order valence-corrected chi connectivity index (χ2v) is 2.93. The number of aliphatic carboxylic acids is 1. The van der Waals surface area contributed by atoms with Crippen molar-refractivity contribution in [1.29, 1.82) is 0 Å². The van der Waals surface area contributed by atoms with Gasteiger partial charge in [-0.15, -0.1) is 0 Å². The Morgan fingerprint density at radius 1 is 1.33 bits per heavy atom. The summed E-state index contributed by atoms with van der Waals surface area (Å²) in [6.45, 7) is 0. The smallest absolute Gasteiger partial charge is 0.318 e. The molecule has 2 amide bonds. The average molecular weight is 208 g/mol. The summed E-state index contributed by atoms with van der Waals surface area (Å²) in [7, 11) is 1.50. The summed E-state index contributed by atoms with van der Waals surface area (Å²) in [5.74, 6) is -0.929. The monoisotopic (exact) mass is 208 g/mol. The summed E-state index contributed by atoms with van der Waals surface area (Å²) in [4.78, 5) is 21.6. The van der Waals surface area contributed by atoms with Crippen LogP contribution >= 0.6 is 0 Å². The predicted octanol–water partition coefficient (Wildman–Crippen LogP) is 1.06. The summed E-state index contributed by atoms with van der Waals surface area (Å²) in [5, 5.41) is 13.6. The highest BCUT2D eigenvalue weighted by Crippen LogP contribution is 2.15. The van der Waals surface area contributed by atoms with E-state index in [0.717, 1.165) is 0 Å². The first-order chi connectivity index (χ1) is 7.13. The minimum atomic E-state index is -0.929. The Labute approximate surface area is 87.1 Å². The maximum Gasteiger partial charge on any atom is 0.318 e. The SMILES string of the molecule is CNC(=O)Nc1ccccc1CC(=O)O. The van der Waals surface area contributed by atoms with Crippen molar-refractivity contribution in [2.24, 2.45) is 0 Å². The number of urea groups is 1. The maximum atomic E-state index is 11.0. The Morgan fingerprint density at radius 3 is 2.60 bits per heavy atom. The number of nitrogens with one attached hydrogen (secondary N) is 2. The van der Waals surface area contributed by atoms with E-state index in [0.29, 0.717) is 11.3 Å². The molecule has 0 saturated carbocycles. The molecule has 1 aromatic carbocycles. The van der Waals surface area contributed by atoms with E-state index in [1.54, 1.807) is 24.3 Å². The van der Waals surface area contributed by atoms with E-state index in [-0.39, 0.29) is 12.5 Å². The zero-order chi connectivity index (χ0) is 11.3. The van der Waals surface area contributed by atoms with Gasteiger partial charge in [0.15, 0.2) is 0 Å². The number of benzene rings is 1. The Morgan fingerprint density at radius 2 is 2.00 bits per heavy atom. The number of carbonyl (C=O) groups is 2. The largest absolute Gasteiger partial charge is 0.481 e. The van der Waals surface area contributed by atoms with E-state index < -0.39 is 5.97 Å². The highest BCUT2D eigenvalue weighted by molar-refractivity contribution is 5.90. The van der Waals surface area contributed by atoms with Crippen molar-refractivity contribution in [3.8, 4) is 0 Å². The molecule has 0 aliphatic carbocycles. The molecule has 1 aromatic rings. The lowest BCUT2D eigenvalue weighted by Gasteiger charge is -2.08. The molecule has 1 rings (SSSR count). The van der Waals surface area contributed by atoms with Crippen LogP contribution in [0.3, 0.4) is 0 Å². The first-order valence-corrected chi connectivity index (χ1v) is 4.42. The minimum absolute atomic E-state index is 0.111. The molecule has 0 radical (unpaired) electrons. The van der Waals surface area contributed by atoms with Crippen LogP contribution in [-0.4, -0.2) is 24.2 Å². The zero-order valence-corrected chi connectivity index (χ0v) is 8.28. The molecule has 3 N–H and O–H groups in total. The summed E-state index contributed by atoms with van der Waals surface area (Å²) < 4.78 is 0. The van der Waals surface area contributed by atoms with E-state index >= 15 is 0 Å². The lowest BCUT2D eigenvalue weighted by Crippen LogP contribution is -2.25. The molecule has 5 nitrogen and oxygen atoms in total. The number of hydrogen-bond acceptors (Lipinski definition) is 2. The number of carboxylic acid groups (broad SMARTS) is 1. The summed E-state index contributed by atoms with van der Waals surface area (Å²) in [6, 6.07) is 6.42. The molecule has 5 heteroatoms. The lowest BCUT2D eigenvalue weighted by atomic mass is 10.1. The molecule has 0 spiro atoms. The molecule has 0 unspecified atom stereocenters. The van der Waals surface area contributed by atoms with Crippen molar-refractivity contribution >= 4 is 17.7 Å². The van der Waals surface area contributed by atoms with Crippen LogP contribution in [0.25, 0.3) is 0 Å². The Balaban J connectivity index is 2.85. The number of rotatable bonds is 3. The number of amides is 2. The van der Waals surface area contributed by atoms with Crippen LogP contribution in [0.4, 0.5) is 10.5 Å². The van der Waals surface area contributed by atoms with Crippen LogP contribution < -0.4 is 10.6 Å². The quantitative estimate of drug-likeness (QED) is 0.695. The van der Waals surface area contributed by atoms with Gasteiger partial charge in [0, 0.05) is 12.7 Å². The third-order valence-corrected chi connectivity index (χ3v) is 1.83. The maximum absolute atomic E-state index is 11.0. The molecule has 0 bridgehead atoms. The molecule has 15 heavy (non-hydrogen) atoms. The topological polar surface area (TPSA) is 78.4 Å². The molecule has 0 aliphatic rings. The van der Waals surface area contributed by atoms with Gasteiger partial charge in [0.2, 0.25) is 0 Å². The van der Waals surface area contributed by atoms with Crippen molar-refractivity contribution in [2.75, 3.05) is 12.4 Å². The van der Waals surface area contributed by atoms with Gasteiger partial charge >= 0.3 is 12.0 Å². The number of para-hydroxylation sites is 1. The molecular weight excluding hydrogens is 196 g/mol. The first-order valence-electron chi connectivity index (χ1n) is 4.42. The Kier molecular flexibility index (Phi) is 3.68. The van der Waals surface area contributed by atoms with Crippen LogP contribution in [-0.2, 0) is 11.2 Å². The van der Waals surface area contributed by atoms with E-state index in [2.05, 4.69) is 10.6 Å². The second kappa shape index (κ2) is 4.99. The van der Waals surface area contributed by atoms with E-state index in [4.69, 9.17) is 5.11 Å². The first kappa shape index (κ1) is 11.0. The van der Waals surface area contributed by atoms with Gasteiger partial charge in [0.25, 0.3) is 0 Å². The number of hydrogen-bond donors (Lipinski definition) is 3. The van der Waals surface area contributed by atoms with Crippen molar-refractivity contribution < 1.29 is 14.7 Å². The Bertz CT molecular complexity index is 377. The third-order valence-electron chi connectivity index (χ3n) is 1.83. The molecule has 0 saturated heterocycles. The molecule has 0 aliphatic heterocycles. The average Bonchev–Trinajstić information content (AvgIpc) is 2.20. The fraction of sp³-hybridized carbons (Fsp3) is 0.200. The molecular formula is C10H12N2O3. The van der Waals surface area contributed by atoms with Crippen molar-refractivity contribution in [1.82, 2.24) is 5.32 Å². The van der Waals surface area contributed by atoms with Crippen LogP contribution in [0.1, 0.15) is 5.56 Å². The van der Waals surface area contributed by atoms with Gasteiger partial charge in [-0.1, -0.05) is 18.2 Å². The highest BCUT2D eigenvalue weighted by Gasteiger charge is 2.07. The number of anilines is 1. The Hall–Kier alpha value is -2.04. The fourth-order valence-electron chi connectivity index (χ4n) is 1.14. The predicted molar refractivity (Wildman–Crippen MR) is 55.9 cm³/mol. The van der Waals surface area contributed by atoms with Crippen LogP contribution in [0, 0.1) is 0 Å². The standard InChI is InChI=1S/C10H12N2O3/c1-11-10(15)12-8-5-3-2-4-7(8)6-9(13)14/h2-5H,6H2,1H3,(H,13,14)(H2,11,12,15). The molecule has 0 fully saturated rings. The van der Waals surface area contributed by atoms with E-state index in [1.807, 2.05) is 0 Å². The third kappa shape index (κ3) is 3.30. The molecule has 80 valence electrons. The van der Waals surface area contributed by atoms with E-state index in [1.165, 1.54) is 7.05 Å². The molecule has 0 atom stereocenters. The van der Waals surface area contributed by atoms with Crippen LogP contribution in [0.15, 0.2) is 24.3 Å². The van der Waals surface area contributed by atoms with Gasteiger partial charge in [0.05, 0.1) is 6.42 Å². The molecule has 0 heterocycles. The normalized spacial score (nSPS) is 9.40. The zero-order valence-electron chi connectivity index (χ0n) is 8.28. The summed E-state index contributed by atoms with van der Waals surface area (Å²) in [6.07, 6.45) is -0.111.